The number of hydrogen-bond acceptors (Lipinski definition) is 9. The lowest BCUT2D eigenvalue weighted by molar-refractivity contribution is -0.383. The van der Waals surface area contributed by atoms with Gasteiger partial charge < -0.3 is 15.0 Å². The summed E-state index contributed by atoms with van der Waals surface area (Å²) in [4.78, 5) is 36.9. The summed E-state index contributed by atoms with van der Waals surface area (Å²) >= 11 is 0. The van der Waals surface area contributed by atoms with Gasteiger partial charge in [0.15, 0.2) is 0 Å². The lowest BCUT2D eigenvalue weighted by Gasteiger charge is -2.21. The minimum atomic E-state index is -0.557. The number of esters is 1. The molecular formula is C19H18N6O4. The molecule has 0 fully saturated rings. The van der Waals surface area contributed by atoms with Crippen molar-refractivity contribution in [1.82, 2.24) is 15.0 Å². The van der Waals surface area contributed by atoms with Gasteiger partial charge in [-0.05, 0) is 23.8 Å². The monoisotopic (exact) mass is 394 g/mol. The van der Waals surface area contributed by atoms with Crippen LogP contribution in [0.3, 0.4) is 0 Å². The molecule has 3 aromatic rings. The van der Waals surface area contributed by atoms with E-state index in [-0.39, 0.29) is 22.9 Å². The number of carbonyl (C=O) groups excluding carboxylic acids is 1. The van der Waals surface area contributed by atoms with Gasteiger partial charge >= 0.3 is 11.7 Å². The van der Waals surface area contributed by atoms with Gasteiger partial charge in [-0.1, -0.05) is 18.2 Å². The second kappa shape index (κ2) is 8.74. The highest BCUT2D eigenvalue weighted by Gasteiger charge is 2.28. The van der Waals surface area contributed by atoms with Gasteiger partial charge in [-0.25, -0.2) is 14.8 Å². The van der Waals surface area contributed by atoms with Gasteiger partial charge in [0.1, 0.15) is 6.33 Å². The molecule has 10 nitrogen and oxygen atoms in total. The molecule has 29 heavy (non-hydrogen) atoms. The maximum Gasteiger partial charge on any atom is 0.353 e. The van der Waals surface area contributed by atoms with Crippen LogP contribution in [-0.4, -0.2) is 40.0 Å². The van der Waals surface area contributed by atoms with Crippen LogP contribution in [0.25, 0.3) is 0 Å². The van der Waals surface area contributed by atoms with Crippen LogP contribution in [0, 0.1) is 10.1 Å². The largest absolute Gasteiger partial charge is 0.465 e. The molecule has 3 rings (SSSR count). The first-order valence-electron chi connectivity index (χ1n) is 8.56. The Labute approximate surface area is 166 Å². The predicted octanol–water partition coefficient (Wildman–Crippen LogP) is 2.95. The van der Waals surface area contributed by atoms with E-state index in [1.165, 1.54) is 18.3 Å². The van der Waals surface area contributed by atoms with Crippen molar-refractivity contribution >= 4 is 29.0 Å². The molecule has 0 radical (unpaired) electrons. The molecule has 0 saturated heterocycles. The van der Waals surface area contributed by atoms with Crippen LogP contribution in [0.1, 0.15) is 15.9 Å². The van der Waals surface area contributed by atoms with E-state index in [4.69, 9.17) is 4.74 Å². The number of nitrogens with zero attached hydrogens (tertiary/aromatic N) is 5. The zero-order valence-electron chi connectivity index (χ0n) is 15.8. The number of rotatable bonds is 7. The van der Waals surface area contributed by atoms with Gasteiger partial charge in [-0.15, -0.1) is 0 Å². The third-order valence-corrected chi connectivity index (χ3v) is 4.16. The van der Waals surface area contributed by atoms with Crippen molar-refractivity contribution in [1.29, 1.82) is 0 Å². The van der Waals surface area contributed by atoms with Crippen molar-refractivity contribution in [3.63, 3.8) is 0 Å². The summed E-state index contributed by atoms with van der Waals surface area (Å²) in [6.45, 7) is 0.299. The van der Waals surface area contributed by atoms with E-state index < -0.39 is 10.9 Å². The van der Waals surface area contributed by atoms with Crippen LogP contribution in [0.4, 0.5) is 23.0 Å². The van der Waals surface area contributed by atoms with Crippen molar-refractivity contribution in [2.75, 3.05) is 24.4 Å². The summed E-state index contributed by atoms with van der Waals surface area (Å²) < 4.78 is 4.80. The van der Waals surface area contributed by atoms with Crippen LogP contribution in [0.15, 0.2) is 55.1 Å². The summed E-state index contributed by atoms with van der Waals surface area (Å²) in [6.07, 6.45) is 4.52. The molecular weight excluding hydrogens is 376 g/mol. The van der Waals surface area contributed by atoms with Gasteiger partial charge in [-0.3, -0.25) is 15.1 Å². The minimum absolute atomic E-state index is 0.0371. The van der Waals surface area contributed by atoms with Gasteiger partial charge in [0, 0.05) is 26.0 Å². The van der Waals surface area contributed by atoms with E-state index in [2.05, 4.69) is 20.3 Å². The SMILES string of the molecule is COC(=O)c1ccccc1N(C)c1ncnc(NCc2cccnc2)c1[N+](=O)[O-]. The molecule has 148 valence electrons. The van der Waals surface area contributed by atoms with Crippen molar-refractivity contribution in [2.45, 2.75) is 6.54 Å². The van der Waals surface area contributed by atoms with Crippen molar-refractivity contribution in [3.05, 3.63) is 76.4 Å². The summed E-state index contributed by atoms with van der Waals surface area (Å²) in [5.41, 5.74) is 1.21. The Morgan fingerprint density at radius 3 is 2.72 bits per heavy atom. The van der Waals surface area contributed by atoms with Crippen molar-refractivity contribution in [2.24, 2.45) is 0 Å². The van der Waals surface area contributed by atoms with E-state index in [0.717, 1.165) is 5.56 Å². The second-order valence-electron chi connectivity index (χ2n) is 5.93. The Kier molecular flexibility index (Phi) is 5.93. The highest BCUT2D eigenvalue weighted by Crippen LogP contribution is 2.36. The molecule has 1 N–H and O–H groups in total. The number of methoxy groups -OCH3 is 1. The third kappa shape index (κ3) is 4.26. The van der Waals surface area contributed by atoms with E-state index in [9.17, 15) is 14.9 Å². The molecule has 0 aliphatic rings. The van der Waals surface area contributed by atoms with Gasteiger partial charge in [0.05, 0.1) is 23.3 Å². The Balaban J connectivity index is 2.00. The molecule has 0 aliphatic carbocycles. The van der Waals surface area contributed by atoms with Gasteiger partial charge in [-0.2, -0.15) is 0 Å². The Bertz CT molecular complexity index is 1030. The number of nitrogens with one attached hydrogen (secondary N) is 1. The number of para-hydroxylation sites is 1. The zero-order chi connectivity index (χ0) is 20.8. The number of ether oxygens (including phenoxy) is 1. The molecule has 0 amide bonds. The molecule has 10 heteroatoms. The van der Waals surface area contributed by atoms with Crippen LogP contribution < -0.4 is 10.2 Å². The highest BCUT2D eigenvalue weighted by molar-refractivity contribution is 5.97. The zero-order valence-corrected chi connectivity index (χ0v) is 15.8. The van der Waals surface area contributed by atoms with Crippen LogP contribution in [0.5, 0.6) is 0 Å². The molecule has 0 unspecified atom stereocenters. The fourth-order valence-corrected chi connectivity index (χ4v) is 2.76. The van der Waals surface area contributed by atoms with E-state index in [0.29, 0.717) is 12.2 Å². The molecule has 0 spiro atoms. The Morgan fingerprint density at radius 1 is 1.24 bits per heavy atom. The average Bonchev–Trinajstić information content (AvgIpc) is 2.76. The number of benzene rings is 1. The fraction of sp³-hybridized carbons (Fsp3) is 0.158. The topological polar surface area (TPSA) is 123 Å². The van der Waals surface area contributed by atoms with E-state index >= 15 is 0 Å². The maximum absolute atomic E-state index is 12.1. The molecule has 0 atom stereocenters. The quantitative estimate of drug-likeness (QED) is 0.366. The first-order chi connectivity index (χ1) is 14.0. The Hall–Kier alpha value is -4.08. The normalized spacial score (nSPS) is 10.3. The van der Waals surface area contributed by atoms with E-state index in [1.807, 2.05) is 6.07 Å². The highest BCUT2D eigenvalue weighted by atomic mass is 16.6. The fourth-order valence-electron chi connectivity index (χ4n) is 2.76. The number of aromatic nitrogens is 3. The standard InChI is InChI=1S/C19H18N6O4/c1-24(15-8-4-3-7-14(15)19(26)29-2)18-16(25(27)28)17(22-12-23-18)21-11-13-6-5-9-20-10-13/h3-10,12H,11H2,1-2H3,(H,21,22,23). The van der Waals surface area contributed by atoms with Crippen molar-refractivity contribution < 1.29 is 14.5 Å². The lowest BCUT2D eigenvalue weighted by atomic mass is 10.1. The summed E-state index contributed by atoms with van der Waals surface area (Å²) in [7, 11) is 2.86. The summed E-state index contributed by atoms with van der Waals surface area (Å²) in [5.74, 6) is -0.458. The number of pyridine rings is 1. The summed E-state index contributed by atoms with van der Waals surface area (Å²) in [5, 5.41) is 14.8. The predicted molar refractivity (Wildman–Crippen MR) is 106 cm³/mol. The maximum atomic E-state index is 12.1. The van der Waals surface area contributed by atoms with Gasteiger partial charge in [0.2, 0.25) is 11.6 Å². The number of nitro groups is 1. The lowest BCUT2D eigenvalue weighted by Crippen LogP contribution is -2.18. The Morgan fingerprint density at radius 2 is 2.03 bits per heavy atom. The molecule has 0 bridgehead atoms. The second-order valence-corrected chi connectivity index (χ2v) is 5.93. The summed E-state index contributed by atoms with van der Waals surface area (Å²) in [6, 6.07) is 10.2. The van der Waals surface area contributed by atoms with E-state index in [1.54, 1.807) is 49.8 Å². The number of anilines is 3. The molecule has 2 aromatic heterocycles. The van der Waals surface area contributed by atoms with Crippen LogP contribution in [0.2, 0.25) is 0 Å². The number of hydrogen-bond donors (Lipinski definition) is 1. The molecule has 1 aromatic carbocycles. The first-order valence-corrected chi connectivity index (χ1v) is 8.56. The van der Waals surface area contributed by atoms with Crippen LogP contribution >= 0.6 is 0 Å². The molecule has 0 aliphatic heterocycles. The van der Waals surface area contributed by atoms with Gasteiger partial charge in [0.25, 0.3) is 0 Å². The smallest absolute Gasteiger partial charge is 0.353 e. The minimum Gasteiger partial charge on any atom is -0.465 e. The third-order valence-electron chi connectivity index (χ3n) is 4.16. The molecule has 0 saturated carbocycles. The van der Waals surface area contributed by atoms with Crippen molar-refractivity contribution in [3.8, 4) is 0 Å². The van der Waals surface area contributed by atoms with Crippen LogP contribution in [-0.2, 0) is 11.3 Å². The average molecular weight is 394 g/mol. The first kappa shape index (κ1) is 19.7. The number of carbonyl (C=O) groups is 1. The molecule has 2 heterocycles.